The normalized spacial score (nSPS) is 23.7. The van der Waals surface area contributed by atoms with Gasteiger partial charge >= 0.3 is 0 Å². The van der Waals surface area contributed by atoms with E-state index >= 15 is 0 Å². The fourth-order valence-corrected chi connectivity index (χ4v) is 3.45. The number of aliphatic hydroxyl groups excluding tert-OH is 1. The van der Waals surface area contributed by atoms with Crippen molar-refractivity contribution in [1.82, 2.24) is 9.80 Å². The standard InChI is InChI=1S/C19H26N2O2/c22-18(16-7-3-1-4-8-16)15-20-11-13-21(14-12-20)19(23)17-9-5-2-6-10-17/h1-5,7-8,17-18,22H,6,9-15H2/t17-,18+/m0/s1. The van der Waals surface area contributed by atoms with Gasteiger partial charge in [-0.05, 0) is 24.8 Å². The third-order valence-corrected chi connectivity index (χ3v) is 4.92. The Bertz CT molecular complexity index is 536. The van der Waals surface area contributed by atoms with Crippen LogP contribution in [0.15, 0.2) is 42.5 Å². The molecule has 0 saturated carbocycles. The summed E-state index contributed by atoms with van der Waals surface area (Å²) in [6.45, 7) is 3.88. The number of hydrogen-bond acceptors (Lipinski definition) is 3. The topological polar surface area (TPSA) is 43.8 Å². The van der Waals surface area contributed by atoms with E-state index < -0.39 is 6.10 Å². The molecule has 0 bridgehead atoms. The molecule has 0 spiro atoms. The molecule has 0 aromatic heterocycles. The van der Waals surface area contributed by atoms with E-state index in [-0.39, 0.29) is 5.92 Å². The number of allylic oxidation sites excluding steroid dienone is 2. The lowest BCUT2D eigenvalue weighted by molar-refractivity contribution is -0.137. The lowest BCUT2D eigenvalue weighted by Gasteiger charge is -2.37. The lowest BCUT2D eigenvalue weighted by Crippen LogP contribution is -2.51. The Kier molecular flexibility index (Phi) is 5.47. The molecule has 4 nitrogen and oxygen atoms in total. The summed E-state index contributed by atoms with van der Waals surface area (Å²) in [7, 11) is 0. The smallest absolute Gasteiger partial charge is 0.226 e. The number of amides is 1. The van der Waals surface area contributed by atoms with Gasteiger partial charge in [-0.1, -0.05) is 42.5 Å². The van der Waals surface area contributed by atoms with E-state index in [0.717, 1.165) is 51.0 Å². The second kappa shape index (κ2) is 7.75. The molecule has 1 saturated heterocycles. The summed E-state index contributed by atoms with van der Waals surface area (Å²) in [5.74, 6) is 0.499. The Balaban J connectivity index is 1.46. The third kappa shape index (κ3) is 4.21. The maximum absolute atomic E-state index is 12.5. The van der Waals surface area contributed by atoms with Gasteiger partial charge in [0.15, 0.2) is 0 Å². The summed E-state index contributed by atoms with van der Waals surface area (Å²) in [6.07, 6.45) is 6.76. The minimum atomic E-state index is -0.457. The first-order chi connectivity index (χ1) is 11.2. The molecule has 2 aliphatic rings. The zero-order chi connectivity index (χ0) is 16.1. The summed E-state index contributed by atoms with van der Waals surface area (Å²) >= 11 is 0. The number of benzene rings is 1. The summed E-state index contributed by atoms with van der Waals surface area (Å²) < 4.78 is 0. The molecule has 3 rings (SSSR count). The van der Waals surface area contributed by atoms with Gasteiger partial charge in [-0.15, -0.1) is 0 Å². The van der Waals surface area contributed by atoms with Crippen LogP contribution in [0, 0.1) is 5.92 Å². The third-order valence-electron chi connectivity index (χ3n) is 4.92. The van der Waals surface area contributed by atoms with Crippen molar-refractivity contribution < 1.29 is 9.90 Å². The average molecular weight is 314 g/mol. The van der Waals surface area contributed by atoms with Gasteiger partial charge in [0.05, 0.1) is 6.10 Å². The van der Waals surface area contributed by atoms with E-state index in [1.807, 2.05) is 35.2 Å². The molecular formula is C19H26N2O2. The van der Waals surface area contributed by atoms with Gasteiger partial charge in [0.25, 0.3) is 0 Å². The van der Waals surface area contributed by atoms with Crippen LogP contribution in [-0.2, 0) is 4.79 Å². The number of carbonyl (C=O) groups is 1. The zero-order valence-corrected chi connectivity index (χ0v) is 13.6. The average Bonchev–Trinajstić information content (AvgIpc) is 2.63. The summed E-state index contributed by atoms with van der Waals surface area (Å²) in [5, 5.41) is 10.3. The Morgan fingerprint density at radius 1 is 1.13 bits per heavy atom. The molecule has 1 aliphatic heterocycles. The van der Waals surface area contributed by atoms with Gasteiger partial charge in [0, 0.05) is 38.6 Å². The van der Waals surface area contributed by atoms with Crippen molar-refractivity contribution in [3.8, 4) is 0 Å². The van der Waals surface area contributed by atoms with Crippen LogP contribution in [0.5, 0.6) is 0 Å². The molecular weight excluding hydrogens is 288 g/mol. The van der Waals surface area contributed by atoms with E-state index in [2.05, 4.69) is 17.1 Å². The largest absolute Gasteiger partial charge is 0.387 e. The first-order valence-electron chi connectivity index (χ1n) is 8.63. The Hall–Kier alpha value is -1.65. The molecule has 23 heavy (non-hydrogen) atoms. The number of aliphatic hydroxyl groups is 1. The number of carbonyl (C=O) groups excluding carboxylic acids is 1. The van der Waals surface area contributed by atoms with E-state index in [4.69, 9.17) is 0 Å². The van der Waals surface area contributed by atoms with Crippen LogP contribution < -0.4 is 0 Å². The SMILES string of the molecule is O=C([C@H]1CC=CCC1)N1CCN(C[C@@H](O)c2ccccc2)CC1. The minimum Gasteiger partial charge on any atom is -0.387 e. The Morgan fingerprint density at radius 3 is 2.52 bits per heavy atom. The van der Waals surface area contributed by atoms with Crippen molar-refractivity contribution in [2.24, 2.45) is 5.92 Å². The highest BCUT2D eigenvalue weighted by molar-refractivity contribution is 5.79. The molecule has 0 unspecified atom stereocenters. The minimum absolute atomic E-state index is 0.182. The molecule has 1 N–H and O–H groups in total. The van der Waals surface area contributed by atoms with Gasteiger partial charge in [0.1, 0.15) is 0 Å². The first-order valence-corrected chi connectivity index (χ1v) is 8.63. The maximum atomic E-state index is 12.5. The molecule has 1 fully saturated rings. The van der Waals surface area contributed by atoms with Crippen LogP contribution in [0.2, 0.25) is 0 Å². The molecule has 1 heterocycles. The van der Waals surface area contributed by atoms with E-state index in [9.17, 15) is 9.90 Å². The fraction of sp³-hybridized carbons (Fsp3) is 0.526. The molecule has 1 amide bonds. The number of nitrogens with zero attached hydrogens (tertiary/aromatic N) is 2. The van der Waals surface area contributed by atoms with Crippen molar-refractivity contribution in [2.45, 2.75) is 25.4 Å². The van der Waals surface area contributed by atoms with Gasteiger partial charge in [-0.25, -0.2) is 0 Å². The van der Waals surface area contributed by atoms with Crippen LogP contribution in [0.1, 0.15) is 30.9 Å². The lowest BCUT2D eigenvalue weighted by atomic mass is 9.93. The van der Waals surface area contributed by atoms with Gasteiger partial charge in [-0.3, -0.25) is 9.69 Å². The van der Waals surface area contributed by atoms with E-state index in [1.165, 1.54) is 0 Å². The highest BCUT2D eigenvalue weighted by atomic mass is 16.3. The second-order valence-electron chi connectivity index (χ2n) is 6.53. The van der Waals surface area contributed by atoms with Gasteiger partial charge < -0.3 is 10.0 Å². The fourth-order valence-electron chi connectivity index (χ4n) is 3.45. The van der Waals surface area contributed by atoms with E-state index in [0.29, 0.717) is 12.5 Å². The van der Waals surface area contributed by atoms with Gasteiger partial charge in [-0.2, -0.15) is 0 Å². The molecule has 2 atom stereocenters. The number of rotatable bonds is 4. The second-order valence-corrected chi connectivity index (χ2v) is 6.53. The zero-order valence-electron chi connectivity index (χ0n) is 13.6. The predicted octanol–water partition coefficient (Wildman–Crippen LogP) is 2.22. The molecule has 124 valence electrons. The van der Waals surface area contributed by atoms with Crippen LogP contribution in [-0.4, -0.2) is 53.5 Å². The molecule has 4 heteroatoms. The van der Waals surface area contributed by atoms with Crippen molar-refractivity contribution >= 4 is 5.91 Å². The van der Waals surface area contributed by atoms with Gasteiger partial charge in [0.2, 0.25) is 5.91 Å². The summed E-state index contributed by atoms with van der Waals surface area (Å²) in [5.41, 5.74) is 0.958. The highest BCUT2D eigenvalue weighted by Crippen LogP contribution is 2.22. The maximum Gasteiger partial charge on any atom is 0.226 e. The number of hydrogen-bond donors (Lipinski definition) is 1. The van der Waals surface area contributed by atoms with Crippen molar-refractivity contribution in [1.29, 1.82) is 0 Å². The molecule has 1 aliphatic carbocycles. The van der Waals surface area contributed by atoms with Crippen molar-refractivity contribution in [3.05, 3.63) is 48.0 Å². The van der Waals surface area contributed by atoms with Crippen LogP contribution in [0.4, 0.5) is 0 Å². The van der Waals surface area contributed by atoms with Crippen LogP contribution in [0.3, 0.4) is 0 Å². The summed E-state index contributed by atoms with van der Waals surface area (Å²) in [4.78, 5) is 16.8. The van der Waals surface area contributed by atoms with Crippen molar-refractivity contribution in [2.75, 3.05) is 32.7 Å². The quantitative estimate of drug-likeness (QED) is 0.867. The van der Waals surface area contributed by atoms with E-state index in [1.54, 1.807) is 0 Å². The van der Waals surface area contributed by atoms with Crippen LogP contribution in [0.25, 0.3) is 0 Å². The van der Waals surface area contributed by atoms with Crippen molar-refractivity contribution in [3.63, 3.8) is 0 Å². The Labute approximate surface area is 138 Å². The molecule has 1 aromatic rings. The molecule has 0 radical (unpaired) electrons. The monoisotopic (exact) mass is 314 g/mol. The number of piperazine rings is 1. The Morgan fingerprint density at radius 2 is 1.87 bits per heavy atom. The molecule has 1 aromatic carbocycles. The van der Waals surface area contributed by atoms with Crippen LogP contribution >= 0.6 is 0 Å². The number of β-amino-alcohol motifs (C(OH)–C–C–N with tert-alkyl or cyclic N) is 1. The predicted molar refractivity (Wildman–Crippen MR) is 90.9 cm³/mol. The summed E-state index contributed by atoms with van der Waals surface area (Å²) in [6, 6.07) is 9.78. The first kappa shape index (κ1) is 16.2. The highest BCUT2D eigenvalue weighted by Gasteiger charge is 2.27.